The highest BCUT2D eigenvalue weighted by molar-refractivity contribution is 5.75. The molecular formula is C4H6O3. The molecule has 0 saturated carbocycles. The fourth-order valence-electron chi connectivity index (χ4n) is 0.342. The minimum Gasteiger partial charge on any atom is -0.300 e. The molecule has 0 radical (unpaired) electrons. The van der Waals surface area contributed by atoms with Crippen LogP contribution in [0.3, 0.4) is 0 Å². The van der Waals surface area contributed by atoms with E-state index in [9.17, 15) is 4.79 Å². The summed E-state index contributed by atoms with van der Waals surface area (Å²) in [7, 11) is 0. The highest BCUT2D eigenvalue weighted by Crippen LogP contribution is 2.15. The molecule has 3 nitrogen and oxygen atoms in total. The van der Waals surface area contributed by atoms with E-state index < -0.39 is 0 Å². The number of carbonyl (C=O) groups excluding carboxylic acids is 1. The van der Waals surface area contributed by atoms with Crippen LogP contribution >= 0.6 is 0 Å². The Kier molecular flexibility index (Phi) is 1.08. The molecule has 3 heteroatoms. The molecule has 1 heterocycles. The Balaban J connectivity index is 2.08. The molecule has 7 heavy (non-hydrogen) atoms. The van der Waals surface area contributed by atoms with Gasteiger partial charge in [-0.2, -0.15) is 9.78 Å². The van der Waals surface area contributed by atoms with Gasteiger partial charge in [0.1, 0.15) is 5.78 Å². The summed E-state index contributed by atoms with van der Waals surface area (Å²) in [5, 5.41) is 0. The van der Waals surface area contributed by atoms with E-state index >= 15 is 0 Å². The van der Waals surface area contributed by atoms with Crippen LogP contribution in [-0.4, -0.2) is 12.1 Å². The van der Waals surface area contributed by atoms with Crippen molar-refractivity contribution in [3.8, 4) is 0 Å². The first kappa shape index (κ1) is 4.74. The molecule has 40 valence electrons. The Bertz CT molecular complexity index is 84.9. The normalized spacial score (nSPS) is 19.6. The molecule has 0 aliphatic carbocycles. The van der Waals surface area contributed by atoms with Crippen LogP contribution in [0, 0.1) is 0 Å². The summed E-state index contributed by atoms with van der Waals surface area (Å²) in [6.45, 7) is 1.50. The van der Waals surface area contributed by atoms with Gasteiger partial charge in [-0.25, -0.2) is 0 Å². The van der Waals surface area contributed by atoms with Gasteiger partial charge >= 0.3 is 0 Å². The molecule has 1 rings (SSSR count). The lowest BCUT2D eigenvalue weighted by molar-refractivity contribution is -0.117. The van der Waals surface area contributed by atoms with E-state index in [-0.39, 0.29) is 12.1 Å². The van der Waals surface area contributed by atoms with Gasteiger partial charge in [-0.3, -0.25) is 4.79 Å². The monoisotopic (exact) mass is 102 g/mol. The van der Waals surface area contributed by atoms with Gasteiger partial charge in [0, 0.05) is 0 Å². The summed E-state index contributed by atoms with van der Waals surface area (Å²) < 4.78 is 0. The summed E-state index contributed by atoms with van der Waals surface area (Å²) in [5.41, 5.74) is 0. The van der Waals surface area contributed by atoms with Gasteiger partial charge in [0.2, 0.25) is 6.29 Å². The molecule has 0 atom stereocenters. The topological polar surface area (TPSA) is 42.1 Å². The van der Waals surface area contributed by atoms with Crippen LogP contribution in [0.5, 0.6) is 0 Å². The van der Waals surface area contributed by atoms with Crippen molar-refractivity contribution in [1.29, 1.82) is 0 Å². The molecule has 0 bridgehead atoms. The fourth-order valence-corrected chi connectivity index (χ4v) is 0.342. The first-order chi connectivity index (χ1) is 3.29. The summed E-state index contributed by atoms with van der Waals surface area (Å²) in [6, 6.07) is 0. The Morgan fingerprint density at radius 3 is 2.43 bits per heavy atom. The zero-order valence-corrected chi connectivity index (χ0v) is 4.01. The molecule has 0 aromatic rings. The maximum absolute atomic E-state index is 10.1. The highest BCUT2D eigenvalue weighted by Gasteiger charge is 2.26. The van der Waals surface area contributed by atoms with Crippen molar-refractivity contribution >= 4 is 5.78 Å². The van der Waals surface area contributed by atoms with Crippen LogP contribution < -0.4 is 0 Å². The quantitative estimate of drug-likeness (QED) is 0.371. The number of rotatable bonds is 2. The standard InChI is InChI=1S/C4H6O3/c1-3(5)2-4-6-7-4/h4H,2H2,1H3. The third-order valence-electron chi connectivity index (χ3n) is 0.686. The summed E-state index contributed by atoms with van der Waals surface area (Å²) in [5.74, 6) is 0.0995. The predicted octanol–water partition coefficient (Wildman–Crippen LogP) is 0.253. The molecule has 1 aliphatic heterocycles. The van der Waals surface area contributed by atoms with E-state index in [4.69, 9.17) is 0 Å². The van der Waals surface area contributed by atoms with Crippen LogP contribution in [0.4, 0.5) is 0 Å². The molecule has 0 unspecified atom stereocenters. The van der Waals surface area contributed by atoms with Crippen molar-refractivity contribution in [2.75, 3.05) is 0 Å². The van der Waals surface area contributed by atoms with E-state index in [0.717, 1.165) is 0 Å². The Labute approximate surface area is 41.1 Å². The minimum atomic E-state index is -0.225. The van der Waals surface area contributed by atoms with Gasteiger partial charge in [0.25, 0.3) is 0 Å². The summed E-state index contributed by atoms with van der Waals surface area (Å²) >= 11 is 0. The van der Waals surface area contributed by atoms with Gasteiger partial charge < -0.3 is 0 Å². The molecular weight excluding hydrogens is 96.0 g/mol. The van der Waals surface area contributed by atoms with Gasteiger partial charge in [-0.1, -0.05) is 0 Å². The molecule has 0 N–H and O–H groups in total. The molecule has 1 aliphatic rings. The van der Waals surface area contributed by atoms with Gasteiger partial charge in [-0.05, 0) is 6.92 Å². The maximum Gasteiger partial charge on any atom is 0.231 e. The molecule has 0 aromatic carbocycles. The van der Waals surface area contributed by atoms with Crippen LogP contribution in [0.15, 0.2) is 0 Å². The predicted molar refractivity (Wildman–Crippen MR) is 21.3 cm³/mol. The summed E-state index contributed by atoms with van der Waals surface area (Å²) in [4.78, 5) is 18.7. The van der Waals surface area contributed by atoms with Crippen LogP contribution in [0.2, 0.25) is 0 Å². The Morgan fingerprint density at radius 1 is 1.71 bits per heavy atom. The van der Waals surface area contributed by atoms with Crippen molar-refractivity contribution in [3.63, 3.8) is 0 Å². The van der Waals surface area contributed by atoms with Crippen LogP contribution in [0.25, 0.3) is 0 Å². The summed E-state index contributed by atoms with van der Waals surface area (Å²) in [6.07, 6.45) is 0.164. The average Bonchev–Trinajstić information content (AvgIpc) is 2.17. The van der Waals surface area contributed by atoms with Crippen molar-refractivity contribution in [3.05, 3.63) is 0 Å². The zero-order valence-electron chi connectivity index (χ0n) is 4.01. The molecule has 0 spiro atoms. The second-order valence-electron chi connectivity index (χ2n) is 1.53. The molecule has 0 aromatic heterocycles. The van der Waals surface area contributed by atoms with Gasteiger partial charge in [0.15, 0.2) is 0 Å². The Morgan fingerprint density at radius 2 is 2.29 bits per heavy atom. The first-order valence-corrected chi connectivity index (χ1v) is 2.10. The number of hydrogen-bond donors (Lipinski definition) is 0. The zero-order chi connectivity index (χ0) is 5.28. The van der Waals surface area contributed by atoms with E-state index in [1.54, 1.807) is 0 Å². The number of hydrogen-bond acceptors (Lipinski definition) is 3. The van der Waals surface area contributed by atoms with Crippen LogP contribution in [0.1, 0.15) is 13.3 Å². The average molecular weight is 102 g/mol. The number of carbonyl (C=O) groups is 1. The lowest BCUT2D eigenvalue weighted by Crippen LogP contribution is -1.94. The van der Waals surface area contributed by atoms with E-state index in [1.165, 1.54) is 6.92 Å². The lowest BCUT2D eigenvalue weighted by Gasteiger charge is -1.76. The number of Topliss-reactive ketones (excluding diaryl/α,β-unsaturated/α-hetero) is 1. The van der Waals surface area contributed by atoms with E-state index in [1.807, 2.05) is 0 Å². The van der Waals surface area contributed by atoms with E-state index in [0.29, 0.717) is 6.42 Å². The SMILES string of the molecule is CC(=O)CC1OO1. The molecule has 1 saturated heterocycles. The Hall–Kier alpha value is -0.410. The van der Waals surface area contributed by atoms with Crippen molar-refractivity contribution in [2.24, 2.45) is 0 Å². The first-order valence-electron chi connectivity index (χ1n) is 2.10. The van der Waals surface area contributed by atoms with Crippen molar-refractivity contribution < 1.29 is 14.6 Å². The van der Waals surface area contributed by atoms with Crippen LogP contribution in [-0.2, 0) is 14.6 Å². The van der Waals surface area contributed by atoms with Gasteiger partial charge in [-0.15, -0.1) is 0 Å². The second kappa shape index (κ2) is 1.60. The van der Waals surface area contributed by atoms with Crippen molar-refractivity contribution in [2.45, 2.75) is 19.6 Å². The van der Waals surface area contributed by atoms with E-state index in [2.05, 4.69) is 9.78 Å². The number of ketones is 1. The second-order valence-corrected chi connectivity index (χ2v) is 1.53. The minimum absolute atomic E-state index is 0.0995. The molecule has 0 amide bonds. The van der Waals surface area contributed by atoms with Crippen molar-refractivity contribution in [1.82, 2.24) is 0 Å². The third-order valence-corrected chi connectivity index (χ3v) is 0.686. The maximum atomic E-state index is 10.1. The molecule has 1 fully saturated rings. The van der Waals surface area contributed by atoms with Gasteiger partial charge in [0.05, 0.1) is 6.42 Å². The fraction of sp³-hybridized carbons (Fsp3) is 0.750. The third kappa shape index (κ3) is 1.66. The largest absolute Gasteiger partial charge is 0.300 e. The lowest BCUT2D eigenvalue weighted by atomic mass is 10.3. The smallest absolute Gasteiger partial charge is 0.231 e. The highest BCUT2D eigenvalue weighted by atomic mass is 17.4.